The number of sulfonamides is 1. The van der Waals surface area contributed by atoms with Gasteiger partial charge in [0.15, 0.2) is 0 Å². The predicted octanol–water partition coefficient (Wildman–Crippen LogP) is -0.485. The Bertz CT molecular complexity index is 448. The minimum Gasteiger partial charge on any atom is -0.377 e. The number of carbonyl (C=O) groups excluding carboxylic acids is 1. The maximum absolute atomic E-state index is 12.4. The summed E-state index contributed by atoms with van der Waals surface area (Å²) in [6, 6.07) is 0. The van der Waals surface area contributed by atoms with Crippen molar-refractivity contribution in [2.24, 2.45) is 5.41 Å². The van der Waals surface area contributed by atoms with Crippen LogP contribution in [0.1, 0.15) is 12.8 Å². The van der Waals surface area contributed by atoms with Crippen molar-refractivity contribution in [1.82, 2.24) is 9.21 Å². The lowest BCUT2D eigenvalue weighted by Gasteiger charge is -2.42. The molecule has 0 saturated carbocycles. The first-order chi connectivity index (χ1) is 8.27. The molecule has 2 rings (SSSR count). The van der Waals surface area contributed by atoms with Gasteiger partial charge in [0.2, 0.25) is 15.9 Å². The smallest absolute Gasteiger partial charge is 0.232 e. The van der Waals surface area contributed by atoms with Crippen LogP contribution in [0.15, 0.2) is 0 Å². The van der Waals surface area contributed by atoms with Gasteiger partial charge in [-0.2, -0.15) is 0 Å². The number of carbonyl (C=O) groups is 1. The van der Waals surface area contributed by atoms with Crippen LogP contribution in [-0.2, 0) is 19.6 Å². The fraction of sp³-hybridized carbons (Fsp3) is 0.909. The highest BCUT2D eigenvalue weighted by molar-refractivity contribution is 7.88. The SMILES string of the molecule is CN(C)C(=O)[C@]12CCO[C@H]1CCN(S(C)(=O)=O)C2. The fourth-order valence-electron chi connectivity index (χ4n) is 2.94. The van der Waals surface area contributed by atoms with Crippen molar-refractivity contribution in [3.05, 3.63) is 0 Å². The second kappa shape index (κ2) is 4.47. The molecule has 0 aromatic carbocycles. The molecule has 0 aromatic heterocycles. The van der Waals surface area contributed by atoms with E-state index in [4.69, 9.17) is 4.74 Å². The summed E-state index contributed by atoms with van der Waals surface area (Å²) >= 11 is 0. The monoisotopic (exact) mass is 276 g/mol. The Morgan fingerprint density at radius 1 is 1.44 bits per heavy atom. The van der Waals surface area contributed by atoms with Crippen molar-refractivity contribution in [1.29, 1.82) is 0 Å². The van der Waals surface area contributed by atoms with Crippen molar-refractivity contribution in [3.63, 3.8) is 0 Å². The summed E-state index contributed by atoms with van der Waals surface area (Å²) in [7, 11) is 0.146. The molecule has 0 bridgehead atoms. The van der Waals surface area contributed by atoms with Crippen LogP contribution in [0, 0.1) is 5.41 Å². The lowest BCUT2D eigenvalue weighted by molar-refractivity contribution is -0.146. The van der Waals surface area contributed by atoms with Gasteiger partial charge in [0.1, 0.15) is 0 Å². The molecule has 7 heteroatoms. The molecule has 18 heavy (non-hydrogen) atoms. The van der Waals surface area contributed by atoms with Crippen LogP contribution < -0.4 is 0 Å². The number of rotatable bonds is 2. The van der Waals surface area contributed by atoms with E-state index in [1.165, 1.54) is 15.5 Å². The van der Waals surface area contributed by atoms with Crippen LogP contribution in [0.3, 0.4) is 0 Å². The summed E-state index contributed by atoms with van der Waals surface area (Å²) in [5.41, 5.74) is -0.690. The molecule has 0 spiro atoms. The molecule has 0 radical (unpaired) electrons. The van der Waals surface area contributed by atoms with Crippen molar-refractivity contribution in [2.45, 2.75) is 18.9 Å². The van der Waals surface area contributed by atoms with Crippen LogP contribution in [0.4, 0.5) is 0 Å². The standard InChI is InChI=1S/C11H20N2O4S/c1-12(2)10(14)11-5-7-17-9(11)4-6-13(8-11)18(3,15)16/h9H,4-8H2,1-3H3/t9-,11-/m0/s1. The first-order valence-electron chi connectivity index (χ1n) is 6.06. The highest BCUT2D eigenvalue weighted by atomic mass is 32.2. The summed E-state index contributed by atoms with van der Waals surface area (Å²) in [6.07, 6.45) is 2.23. The first kappa shape index (κ1) is 13.8. The Morgan fingerprint density at radius 2 is 2.11 bits per heavy atom. The van der Waals surface area contributed by atoms with Gasteiger partial charge < -0.3 is 9.64 Å². The molecule has 2 atom stereocenters. The van der Waals surface area contributed by atoms with Crippen LogP contribution >= 0.6 is 0 Å². The Hall–Kier alpha value is -0.660. The minimum absolute atomic E-state index is 0.0293. The third-order valence-corrected chi connectivity index (χ3v) is 5.13. The van der Waals surface area contributed by atoms with E-state index >= 15 is 0 Å². The third-order valence-electron chi connectivity index (χ3n) is 3.88. The number of ether oxygens (including phenoxy) is 1. The average Bonchev–Trinajstić information content (AvgIpc) is 2.70. The third kappa shape index (κ3) is 2.15. The molecule has 2 heterocycles. The van der Waals surface area contributed by atoms with Gasteiger partial charge in [-0.15, -0.1) is 0 Å². The molecule has 6 nitrogen and oxygen atoms in total. The average molecular weight is 276 g/mol. The first-order valence-corrected chi connectivity index (χ1v) is 7.91. The van der Waals surface area contributed by atoms with Gasteiger partial charge in [0.05, 0.1) is 17.8 Å². The zero-order chi connectivity index (χ0) is 13.6. The minimum atomic E-state index is -3.25. The summed E-state index contributed by atoms with van der Waals surface area (Å²) in [5, 5.41) is 0. The highest BCUT2D eigenvalue weighted by Gasteiger charge is 2.55. The van der Waals surface area contributed by atoms with Crippen LogP contribution in [0.5, 0.6) is 0 Å². The van der Waals surface area contributed by atoms with E-state index in [2.05, 4.69) is 0 Å². The lowest BCUT2D eigenvalue weighted by atomic mass is 9.76. The fourth-order valence-corrected chi connectivity index (χ4v) is 3.84. The Morgan fingerprint density at radius 3 is 2.67 bits per heavy atom. The van der Waals surface area contributed by atoms with Crippen LogP contribution in [-0.4, -0.2) is 69.7 Å². The van der Waals surface area contributed by atoms with E-state index in [9.17, 15) is 13.2 Å². The number of fused-ring (bicyclic) bond motifs is 1. The maximum Gasteiger partial charge on any atom is 0.232 e. The van der Waals surface area contributed by atoms with E-state index in [1.807, 2.05) is 0 Å². The quantitative estimate of drug-likeness (QED) is 0.683. The van der Waals surface area contributed by atoms with Crippen LogP contribution in [0.2, 0.25) is 0 Å². The molecule has 2 aliphatic rings. The van der Waals surface area contributed by atoms with Crippen molar-refractivity contribution >= 4 is 15.9 Å². The van der Waals surface area contributed by atoms with Gasteiger partial charge >= 0.3 is 0 Å². The molecule has 2 fully saturated rings. The number of hydrogen-bond donors (Lipinski definition) is 0. The molecular formula is C11H20N2O4S. The van der Waals surface area contributed by atoms with Gasteiger partial charge in [-0.3, -0.25) is 4.79 Å². The number of amides is 1. The lowest BCUT2D eigenvalue weighted by Crippen LogP contribution is -2.57. The normalized spacial score (nSPS) is 33.2. The van der Waals surface area contributed by atoms with E-state index in [0.717, 1.165) is 0 Å². The molecule has 0 aromatic rings. The van der Waals surface area contributed by atoms with E-state index < -0.39 is 15.4 Å². The summed E-state index contributed by atoms with van der Waals surface area (Å²) < 4.78 is 30.4. The molecule has 104 valence electrons. The highest BCUT2D eigenvalue weighted by Crippen LogP contribution is 2.42. The van der Waals surface area contributed by atoms with Gasteiger partial charge in [-0.05, 0) is 12.8 Å². The second-order valence-corrected chi connectivity index (χ2v) is 7.33. The largest absolute Gasteiger partial charge is 0.377 e. The second-order valence-electron chi connectivity index (χ2n) is 5.35. The molecule has 0 unspecified atom stereocenters. The zero-order valence-corrected chi connectivity index (χ0v) is 11.9. The zero-order valence-electron chi connectivity index (χ0n) is 11.0. The number of nitrogens with zero attached hydrogens (tertiary/aromatic N) is 2. The molecular weight excluding hydrogens is 256 g/mol. The number of piperidine rings is 1. The topological polar surface area (TPSA) is 66.9 Å². The molecule has 2 aliphatic heterocycles. The molecule has 1 amide bonds. The van der Waals surface area contributed by atoms with E-state index in [-0.39, 0.29) is 18.6 Å². The Labute approximate surface area is 108 Å². The van der Waals surface area contributed by atoms with Gasteiger partial charge in [0.25, 0.3) is 0 Å². The molecule has 2 saturated heterocycles. The van der Waals surface area contributed by atoms with Gasteiger partial charge in [-0.25, -0.2) is 12.7 Å². The van der Waals surface area contributed by atoms with Gasteiger partial charge in [-0.1, -0.05) is 0 Å². The maximum atomic E-state index is 12.4. The summed E-state index contributed by atoms with van der Waals surface area (Å²) in [6.45, 7) is 1.21. The summed E-state index contributed by atoms with van der Waals surface area (Å²) in [5.74, 6) is -0.0293. The number of hydrogen-bond acceptors (Lipinski definition) is 4. The Kier molecular flexibility index (Phi) is 3.42. The van der Waals surface area contributed by atoms with E-state index in [0.29, 0.717) is 26.0 Å². The van der Waals surface area contributed by atoms with Crippen LogP contribution in [0.25, 0.3) is 0 Å². The molecule has 0 N–H and O–H groups in total. The Balaban J connectivity index is 2.31. The molecule has 0 aliphatic carbocycles. The predicted molar refractivity (Wildman–Crippen MR) is 66.5 cm³/mol. The van der Waals surface area contributed by atoms with Gasteiger partial charge in [0, 0.05) is 33.8 Å². The van der Waals surface area contributed by atoms with E-state index in [1.54, 1.807) is 14.1 Å². The van der Waals surface area contributed by atoms with Crippen molar-refractivity contribution in [2.75, 3.05) is 40.0 Å². The summed E-state index contributed by atoms with van der Waals surface area (Å²) in [4.78, 5) is 13.9. The van der Waals surface area contributed by atoms with Crippen molar-refractivity contribution in [3.8, 4) is 0 Å². The van der Waals surface area contributed by atoms with Crippen molar-refractivity contribution < 1.29 is 17.9 Å².